The van der Waals surface area contributed by atoms with E-state index in [1.54, 1.807) is 60.7 Å². The lowest BCUT2D eigenvalue weighted by molar-refractivity contribution is -0.384. The van der Waals surface area contributed by atoms with Crippen molar-refractivity contribution in [3.05, 3.63) is 103 Å². The number of ether oxygens (including phenoxy) is 2. The molecule has 1 saturated heterocycles. The third kappa shape index (κ3) is 5.99. The fourth-order valence-corrected chi connectivity index (χ4v) is 4.64. The van der Waals surface area contributed by atoms with Gasteiger partial charge in [0.05, 0.1) is 21.4 Å². The van der Waals surface area contributed by atoms with Gasteiger partial charge in [-0.1, -0.05) is 30.3 Å². The Hall–Kier alpha value is -3.96. The van der Waals surface area contributed by atoms with Gasteiger partial charge in [0.25, 0.3) is 17.5 Å². The average molecular weight is 568 g/mol. The summed E-state index contributed by atoms with van der Waals surface area (Å²) in [6, 6.07) is 18.2. The number of amides is 2. The first-order valence-corrected chi connectivity index (χ1v) is 12.1. The van der Waals surface area contributed by atoms with Crippen LogP contribution < -0.4 is 14.8 Å². The molecule has 0 aliphatic carbocycles. The summed E-state index contributed by atoms with van der Waals surface area (Å²) in [6.45, 7) is 0.0879. The largest absolute Gasteiger partial charge is 0.493 e. The van der Waals surface area contributed by atoms with Crippen molar-refractivity contribution in [3.63, 3.8) is 0 Å². The van der Waals surface area contributed by atoms with Gasteiger partial charge in [0.1, 0.15) is 6.61 Å². The van der Waals surface area contributed by atoms with E-state index >= 15 is 0 Å². The van der Waals surface area contributed by atoms with Gasteiger partial charge < -0.3 is 14.8 Å². The summed E-state index contributed by atoms with van der Waals surface area (Å²) in [5, 5.41) is 13.8. The van der Waals surface area contributed by atoms with Crippen LogP contribution in [0.15, 0.2) is 81.1 Å². The number of non-ortho nitro benzene ring substituents is 1. The number of carbonyl (C=O) groups excluding carboxylic acids is 2. The zero-order chi connectivity index (χ0) is 25.7. The molecular formula is C25H18BrN3O6S. The molecule has 1 aliphatic heterocycles. The summed E-state index contributed by atoms with van der Waals surface area (Å²) >= 11 is 4.53. The van der Waals surface area contributed by atoms with Gasteiger partial charge in [-0.05, 0) is 69.2 Å². The van der Waals surface area contributed by atoms with Crippen LogP contribution in [0, 0.1) is 10.1 Å². The smallest absolute Gasteiger partial charge is 0.279 e. The van der Waals surface area contributed by atoms with Crippen LogP contribution in [0.3, 0.4) is 0 Å². The molecule has 36 heavy (non-hydrogen) atoms. The number of carbonyl (C=O) groups is 2. The summed E-state index contributed by atoms with van der Waals surface area (Å²) < 4.78 is 11.9. The molecule has 1 N–H and O–H groups in total. The van der Waals surface area contributed by atoms with Crippen molar-refractivity contribution in [2.24, 2.45) is 4.99 Å². The van der Waals surface area contributed by atoms with E-state index in [9.17, 15) is 19.7 Å². The number of nitrogens with one attached hydrogen (secondary N) is 1. The van der Waals surface area contributed by atoms with Crippen LogP contribution in [0.1, 0.15) is 21.5 Å². The van der Waals surface area contributed by atoms with Gasteiger partial charge in [-0.3, -0.25) is 19.7 Å². The molecule has 1 heterocycles. The third-order valence-corrected chi connectivity index (χ3v) is 6.43. The predicted molar refractivity (Wildman–Crippen MR) is 140 cm³/mol. The van der Waals surface area contributed by atoms with Crippen molar-refractivity contribution in [2.75, 3.05) is 7.11 Å². The number of nitro groups is 1. The zero-order valence-electron chi connectivity index (χ0n) is 18.8. The topological polar surface area (TPSA) is 120 Å². The van der Waals surface area contributed by atoms with E-state index < -0.39 is 10.8 Å². The molecule has 182 valence electrons. The van der Waals surface area contributed by atoms with Crippen molar-refractivity contribution in [1.29, 1.82) is 0 Å². The minimum atomic E-state index is -0.465. The normalized spacial score (nSPS) is 15.1. The summed E-state index contributed by atoms with van der Waals surface area (Å²) in [6.07, 6.45) is 1.65. The molecule has 1 aliphatic rings. The number of methoxy groups -OCH3 is 1. The van der Waals surface area contributed by atoms with Gasteiger partial charge in [0, 0.05) is 17.7 Å². The van der Waals surface area contributed by atoms with Crippen LogP contribution in [-0.4, -0.2) is 29.0 Å². The van der Waals surface area contributed by atoms with Crippen molar-refractivity contribution in [3.8, 4) is 11.5 Å². The third-order valence-electron chi connectivity index (χ3n) is 4.93. The molecule has 3 aromatic carbocycles. The van der Waals surface area contributed by atoms with E-state index in [-0.39, 0.29) is 23.4 Å². The number of amidine groups is 1. The molecule has 0 radical (unpaired) electrons. The molecule has 0 spiro atoms. The van der Waals surface area contributed by atoms with Crippen molar-refractivity contribution in [2.45, 2.75) is 6.61 Å². The van der Waals surface area contributed by atoms with Crippen LogP contribution in [0.25, 0.3) is 6.08 Å². The standard InChI is InChI=1S/C25H18BrN3O6S/c1-34-20-12-16(11-19(26)22(20)35-14-15-6-5-9-18(10-15)29(32)33)13-21-24(31)28-25(36-21)27-23(30)17-7-3-2-4-8-17/h2-13H,14H2,1H3,(H,27,28,30,31)/b21-13-. The highest BCUT2D eigenvalue weighted by Gasteiger charge is 2.25. The fraction of sp³-hybridized carbons (Fsp3) is 0.0800. The van der Waals surface area contributed by atoms with Crippen LogP contribution in [0.2, 0.25) is 0 Å². The lowest BCUT2D eigenvalue weighted by Crippen LogP contribution is -2.20. The second kappa shape index (κ2) is 11.2. The fourth-order valence-electron chi connectivity index (χ4n) is 3.25. The molecule has 0 saturated carbocycles. The van der Waals surface area contributed by atoms with Gasteiger partial charge in [-0.25, -0.2) is 0 Å². The molecule has 11 heteroatoms. The van der Waals surface area contributed by atoms with Crippen LogP contribution >= 0.6 is 27.7 Å². The predicted octanol–water partition coefficient (Wildman–Crippen LogP) is 5.35. The van der Waals surface area contributed by atoms with E-state index in [0.717, 1.165) is 11.8 Å². The summed E-state index contributed by atoms with van der Waals surface area (Å²) in [5.41, 5.74) is 1.67. The number of nitro benzene ring substituents is 1. The maximum Gasteiger partial charge on any atom is 0.279 e. The zero-order valence-corrected chi connectivity index (χ0v) is 21.2. The Morgan fingerprint density at radius 2 is 1.94 bits per heavy atom. The van der Waals surface area contributed by atoms with Gasteiger partial charge in [-0.15, -0.1) is 0 Å². The second-order valence-electron chi connectivity index (χ2n) is 7.40. The van der Waals surface area contributed by atoms with Crippen LogP contribution in [-0.2, 0) is 11.4 Å². The average Bonchev–Trinajstić information content (AvgIpc) is 3.21. The van der Waals surface area contributed by atoms with Crippen LogP contribution in [0.4, 0.5) is 5.69 Å². The Labute approximate surface area is 218 Å². The second-order valence-corrected chi connectivity index (χ2v) is 9.29. The molecule has 3 aromatic rings. The van der Waals surface area contributed by atoms with E-state index in [4.69, 9.17) is 9.47 Å². The number of hydrogen-bond acceptors (Lipinski definition) is 7. The number of hydrogen-bond donors (Lipinski definition) is 1. The molecule has 9 nitrogen and oxygen atoms in total. The maximum absolute atomic E-state index is 12.4. The summed E-state index contributed by atoms with van der Waals surface area (Å²) in [5.74, 6) is -0.0152. The molecule has 0 aromatic heterocycles. The Morgan fingerprint density at radius 1 is 1.17 bits per heavy atom. The van der Waals surface area contributed by atoms with Crippen LogP contribution in [0.5, 0.6) is 11.5 Å². The number of nitrogens with zero attached hydrogens (tertiary/aromatic N) is 2. The Balaban J connectivity index is 1.51. The van der Waals surface area contributed by atoms with Crippen molar-refractivity contribution in [1.82, 2.24) is 5.32 Å². The lowest BCUT2D eigenvalue weighted by Gasteiger charge is -2.14. The monoisotopic (exact) mass is 567 g/mol. The van der Waals surface area contributed by atoms with E-state index in [1.165, 1.54) is 19.2 Å². The highest BCUT2D eigenvalue weighted by atomic mass is 79.9. The quantitative estimate of drug-likeness (QED) is 0.232. The van der Waals surface area contributed by atoms with E-state index in [0.29, 0.717) is 37.6 Å². The number of thioether (sulfide) groups is 1. The first-order chi connectivity index (χ1) is 17.3. The number of benzene rings is 3. The van der Waals surface area contributed by atoms with E-state index in [1.807, 2.05) is 0 Å². The summed E-state index contributed by atoms with van der Waals surface area (Å²) in [4.78, 5) is 39.6. The van der Waals surface area contributed by atoms with Crippen molar-refractivity contribution >= 4 is 56.4 Å². The molecular weight excluding hydrogens is 550 g/mol. The van der Waals surface area contributed by atoms with Gasteiger partial charge in [-0.2, -0.15) is 4.99 Å². The first kappa shape index (κ1) is 25.1. The molecule has 0 bridgehead atoms. The number of halogens is 1. The minimum Gasteiger partial charge on any atom is -0.493 e. The van der Waals surface area contributed by atoms with Gasteiger partial charge >= 0.3 is 0 Å². The molecule has 4 rings (SSSR count). The molecule has 1 fully saturated rings. The highest BCUT2D eigenvalue weighted by molar-refractivity contribution is 9.10. The number of rotatable bonds is 7. The molecule has 0 unspecified atom stereocenters. The lowest BCUT2D eigenvalue weighted by atomic mass is 10.1. The molecule has 0 atom stereocenters. The van der Waals surface area contributed by atoms with Gasteiger partial charge in [0.2, 0.25) is 0 Å². The Bertz CT molecular complexity index is 1410. The summed E-state index contributed by atoms with van der Waals surface area (Å²) in [7, 11) is 1.48. The SMILES string of the molecule is COc1cc(/C=C2\SC(=NC(=O)c3ccccc3)NC2=O)cc(Br)c1OCc1cccc([N+](=O)[O-])c1. The number of aliphatic imine (C=N–C) groups is 1. The first-order valence-electron chi connectivity index (χ1n) is 10.5. The van der Waals surface area contributed by atoms with Gasteiger partial charge in [0.15, 0.2) is 16.7 Å². The highest BCUT2D eigenvalue weighted by Crippen LogP contribution is 2.38. The maximum atomic E-state index is 12.4. The minimum absolute atomic E-state index is 0.0233. The molecule has 2 amide bonds. The Kier molecular flexibility index (Phi) is 7.81. The van der Waals surface area contributed by atoms with E-state index in [2.05, 4.69) is 26.2 Å². The van der Waals surface area contributed by atoms with Crippen molar-refractivity contribution < 1.29 is 24.0 Å². The Morgan fingerprint density at radius 3 is 2.67 bits per heavy atom.